The van der Waals surface area contributed by atoms with Crippen LogP contribution in [0.25, 0.3) is 0 Å². The lowest BCUT2D eigenvalue weighted by Crippen LogP contribution is -2.49. The number of nitrogens with one attached hydrogen (secondary N) is 1. The summed E-state index contributed by atoms with van der Waals surface area (Å²) in [4.78, 5) is 28.4. The third kappa shape index (κ3) is 4.14. The van der Waals surface area contributed by atoms with Crippen LogP contribution in [0.2, 0.25) is 0 Å². The highest BCUT2D eigenvalue weighted by molar-refractivity contribution is 5.82. The zero-order valence-corrected chi connectivity index (χ0v) is 15.5. The molecule has 1 saturated heterocycles. The van der Waals surface area contributed by atoms with Crippen LogP contribution in [0.1, 0.15) is 30.9 Å². The van der Waals surface area contributed by atoms with E-state index in [1.807, 2.05) is 4.90 Å². The van der Waals surface area contributed by atoms with E-state index in [0.29, 0.717) is 18.9 Å². The summed E-state index contributed by atoms with van der Waals surface area (Å²) >= 11 is 0. The molecule has 1 aliphatic heterocycles. The molecule has 1 N–H and O–H groups in total. The fourth-order valence-electron chi connectivity index (χ4n) is 3.54. The van der Waals surface area contributed by atoms with Crippen molar-refractivity contribution < 1.29 is 9.59 Å². The lowest BCUT2D eigenvalue weighted by molar-refractivity contribution is -0.131. The van der Waals surface area contributed by atoms with E-state index in [4.69, 9.17) is 0 Å². The van der Waals surface area contributed by atoms with Gasteiger partial charge in [0.2, 0.25) is 11.8 Å². The van der Waals surface area contributed by atoms with Crippen LogP contribution in [0.3, 0.4) is 0 Å². The maximum absolute atomic E-state index is 12.3. The van der Waals surface area contributed by atoms with E-state index in [9.17, 15) is 9.59 Å². The van der Waals surface area contributed by atoms with Crippen molar-refractivity contribution in [3.8, 4) is 0 Å². The van der Waals surface area contributed by atoms with Gasteiger partial charge in [0.25, 0.3) is 0 Å². The quantitative estimate of drug-likeness (QED) is 0.891. The van der Waals surface area contributed by atoms with Crippen LogP contribution in [0, 0.1) is 25.7 Å². The Bertz CT molecular complexity index is 650. The fourth-order valence-corrected chi connectivity index (χ4v) is 3.54. The molecule has 0 aromatic heterocycles. The van der Waals surface area contributed by atoms with Gasteiger partial charge in [-0.05, 0) is 43.4 Å². The number of anilines is 1. The lowest BCUT2D eigenvalue weighted by Gasteiger charge is -2.37. The number of nitrogens with zero attached hydrogens (tertiary/aromatic N) is 2. The first-order valence-electron chi connectivity index (χ1n) is 9.34. The summed E-state index contributed by atoms with van der Waals surface area (Å²) in [6.45, 7) is 10.1. The molecule has 0 bridgehead atoms. The van der Waals surface area contributed by atoms with Crippen molar-refractivity contribution in [3.05, 3.63) is 29.3 Å². The first kappa shape index (κ1) is 17.8. The molecule has 0 radical (unpaired) electrons. The molecule has 5 nitrogen and oxygen atoms in total. The second-order valence-electron chi connectivity index (χ2n) is 7.45. The van der Waals surface area contributed by atoms with Crippen molar-refractivity contribution >= 4 is 17.5 Å². The molecule has 2 amide bonds. The van der Waals surface area contributed by atoms with E-state index in [2.05, 4.69) is 49.2 Å². The number of carbonyl (C=O) groups is 2. The number of hydrogen-bond donors (Lipinski definition) is 1. The summed E-state index contributed by atoms with van der Waals surface area (Å²) in [6, 6.07) is 6.39. The lowest BCUT2D eigenvalue weighted by atomic mass is 10.1. The largest absolute Gasteiger partial charge is 0.368 e. The third-order valence-electron chi connectivity index (χ3n) is 5.63. The monoisotopic (exact) mass is 343 g/mol. The van der Waals surface area contributed by atoms with Crippen molar-refractivity contribution in [1.29, 1.82) is 0 Å². The Morgan fingerprint density at radius 2 is 1.84 bits per heavy atom. The van der Waals surface area contributed by atoms with E-state index in [0.717, 1.165) is 32.6 Å². The van der Waals surface area contributed by atoms with E-state index in [1.54, 1.807) is 0 Å². The summed E-state index contributed by atoms with van der Waals surface area (Å²) < 4.78 is 0. The second-order valence-corrected chi connectivity index (χ2v) is 7.45. The number of benzene rings is 1. The van der Waals surface area contributed by atoms with Gasteiger partial charge in [-0.1, -0.05) is 19.1 Å². The van der Waals surface area contributed by atoms with Crippen molar-refractivity contribution in [2.45, 2.75) is 33.6 Å². The molecule has 136 valence electrons. The molecule has 1 aliphatic carbocycles. The van der Waals surface area contributed by atoms with Gasteiger partial charge in [-0.2, -0.15) is 0 Å². The molecule has 2 fully saturated rings. The van der Waals surface area contributed by atoms with Crippen molar-refractivity contribution in [2.24, 2.45) is 11.8 Å². The zero-order chi connectivity index (χ0) is 18.0. The molecular formula is C20H29N3O2. The van der Waals surface area contributed by atoms with E-state index >= 15 is 0 Å². The van der Waals surface area contributed by atoms with Gasteiger partial charge in [0.05, 0.1) is 0 Å². The third-order valence-corrected chi connectivity index (χ3v) is 5.63. The van der Waals surface area contributed by atoms with Crippen molar-refractivity contribution in [3.63, 3.8) is 0 Å². The highest BCUT2D eigenvalue weighted by atomic mass is 16.2. The molecule has 1 aromatic rings. The Balaban J connectivity index is 1.43. The second kappa shape index (κ2) is 7.46. The molecule has 1 saturated carbocycles. The summed E-state index contributed by atoms with van der Waals surface area (Å²) in [7, 11) is 0. The number of amides is 2. The van der Waals surface area contributed by atoms with Crippen LogP contribution in [0.15, 0.2) is 18.2 Å². The van der Waals surface area contributed by atoms with Crippen LogP contribution in [-0.4, -0.2) is 49.4 Å². The van der Waals surface area contributed by atoms with Crippen LogP contribution >= 0.6 is 0 Å². The minimum absolute atomic E-state index is 0.111. The maximum atomic E-state index is 12.3. The van der Waals surface area contributed by atoms with E-state index in [1.165, 1.54) is 16.8 Å². The first-order chi connectivity index (χ1) is 12.0. The fraction of sp³-hybridized carbons (Fsp3) is 0.600. The molecule has 5 heteroatoms. The number of piperazine rings is 1. The molecule has 1 aromatic carbocycles. The topological polar surface area (TPSA) is 52.6 Å². The van der Waals surface area contributed by atoms with E-state index < -0.39 is 0 Å². The van der Waals surface area contributed by atoms with Crippen LogP contribution < -0.4 is 10.2 Å². The van der Waals surface area contributed by atoms with Crippen molar-refractivity contribution in [2.75, 3.05) is 37.6 Å². The standard InChI is InChI=1S/C20H29N3O2/c1-14-5-4-6-18(16(14)3)22-9-11-23(12-10-22)19(24)7-8-21-20(25)17-13-15(17)2/h4-6,15,17H,7-13H2,1-3H3,(H,21,25)/t15-,17+/m1/s1. The predicted molar refractivity (Wildman–Crippen MR) is 99.6 cm³/mol. The van der Waals surface area contributed by atoms with Gasteiger partial charge in [-0.15, -0.1) is 0 Å². The minimum Gasteiger partial charge on any atom is -0.368 e. The maximum Gasteiger partial charge on any atom is 0.224 e. The van der Waals surface area contributed by atoms with Gasteiger partial charge in [0.15, 0.2) is 0 Å². The number of rotatable bonds is 5. The average Bonchev–Trinajstić information content (AvgIpc) is 3.34. The van der Waals surface area contributed by atoms with Crippen molar-refractivity contribution in [1.82, 2.24) is 10.2 Å². The predicted octanol–water partition coefficient (Wildman–Crippen LogP) is 2.11. The Labute approximate surface area is 150 Å². The van der Waals surface area contributed by atoms with Gasteiger partial charge >= 0.3 is 0 Å². The SMILES string of the molecule is Cc1cccc(N2CCN(C(=O)CCNC(=O)[C@H]3C[C@H]3C)CC2)c1C. The van der Waals surface area contributed by atoms with Gasteiger partial charge in [-0.3, -0.25) is 9.59 Å². The zero-order valence-electron chi connectivity index (χ0n) is 15.5. The van der Waals surface area contributed by atoms with Crippen LogP contribution in [-0.2, 0) is 9.59 Å². The molecule has 0 unspecified atom stereocenters. The molecule has 1 heterocycles. The Morgan fingerprint density at radius 3 is 2.48 bits per heavy atom. The molecule has 0 spiro atoms. The highest BCUT2D eigenvalue weighted by Crippen LogP contribution is 2.37. The Kier molecular flexibility index (Phi) is 5.30. The normalized spacial score (nSPS) is 22.7. The average molecular weight is 343 g/mol. The van der Waals surface area contributed by atoms with Gasteiger partial charge in [-0.25, -0.2) is 0 Å². The summed E-state index contributed by atoms with van der Waals surface area (Å²) in [6.07, 6.45) is 1.39. The molecule has 25 heavy (non-hydrogen) atoms. The Morgan fingerprint density at radius 1 is 1.16 bits per heavy atom. The van der Waals surface area contributed by atoms with E-state index in [-0.39, 0.29) is 17.7 Å². The number of aryl methyl sites for hydroxylation is 1. The van der Waals surface area contributed by atoms with Crippen LogP contribution in [0.4, 0.5) is 5.69 Å². The van der Waals surface area contributed by atoms with Gasteiger partial charge in [0, 0.05) is 50.7 Å². The summed E-state index contributed by atoms with van der Waals surface area (Å²) in [5, 5.41) is 2.90. The van der Waals surface area contributed by atoms with Gasteiger partial charge < -0.3 is 15.1 Å². The number of carbonyl (C=O) groups excluding carboxylic acids is 2. The molecular weight excluding hydrogens is 314 g/mol. The molecule has 3 rings (SSSR count). The summed E-state index contributed by atoms with van der Waals surface area (Å²) in [5.74, 6) is 0.940. The minimum atomic E-state index is 0.111. The number of hydrogen-bond acceptors (Lipinski definition) is 3. The molecule has 2 atom stereocenters. The first-order valence-corrected chi connectivity index (χ1v) is 9.34. The molecule has 2 aliphatic rings. The van der Waals surface area contributed by atoms with Crippen LogP contribution in [0.5, 0.6) is 0 Å². The highest BCUT2D eigenvalue weighted by Gasteiger charge is 2.38. The van der Waals surface area contributed by atoms with Gasteiger partial charge in [0.1, 0.15) is 0 Å². The summed E-state index contributed by atoms with van der Waals surface area (Å²) in [5.41, 5.74) is 3.90. The smallest absolute Gasteiger partial charge is 0.224 e. The Hall–Kier alpha value is -2.04.